The Kier molecular flexibility index (Phi) is 18.1. The van der Waals surface area contributed by atoms with E-state index in [1.165, 1.54) is 0 Å². The van der Waals surface area contributed by atoms with Crippen molar-refractivity contribution in [2.24, 2.45) is 0 Å². The number of aliphatic hydroxyl groups is 10. The molecule has 25 atom stereocenters. The lowest BCUT2D eigenvalue weighted by Crippen LogP contribution is -2.67. The van der Waals surface area contributed by atoms with E-state index in [2.05, 4.69) is 0 Å². The van der Waals surface area contributed by atoms with Crippen LogP contribution in [0.15, 0.2) is 0 Å². The van der Waals surface area contributed by atoms with Gasteiger partial charge in [-0.15, -0.1) is 0 Å². The summed E-state index contributed by atoms with van der Waals surface area (Å²) in [5.41, 5.74) is 0. The number of hydrogen-bond acceptors (Lipinski definition) is 31. The maximum absolute atomic E-state index is 11.5. The lowest BCUT2D eigenvalue weighted by molar-refractivity contribution is -0.426. The summed E-state index contributed by atoms with van der Waals surface area (Å²) in [6.07, 6.45) is -50.5. The molecule has 5 aliphatic rings. The molecule has 10 N–H and O–H groups in total. The van der Waals surface area contributed by atoms with Gasteiger partial charge in [-0.05, 0) is 0 Å². The third kappa shape index (κ3) is 10.8. The van der Waals surface area contributed by atoms with Crippen LogP contribution in [0.3, 0.4) is 0 Å². The molecular weight excluding hydrogens is 880 g/mol. The highest BCUT2D eigenvalue weighted by Crippen LogP contribution is 2.36. The zero-order valence-electron chi connectivity index (χ0n) is 32.4. The second-order valence-corrected chi connectivity index (χ2v) is 13.8. The monoisotopic (exact) mass is 926 g/mol. The minimum atomic E-state index is -2.32. The van der Waals surface area contributed by atoms with Crippen molar-refractivity contribution < 1.29 is 151 Å². The van der Waals surface area contributed by atoms with Crippen molar-refractivity contribution in [3.05, 3.63) is 0 Å². The smallest absolute Gasteiger partial charge is 0.295 e. The normalized spacial score (nSPS) is 47.9. The number of hydrogen-bond donors (Lipinski definition) is 10. The lowest BCUT2D eigenvalue weighted by Gasteiger charge is -2.48. The molecule has 5 heterocycles. The Morgan fingerprint density at radius 3 is 0.714 bits per heavy atom. The van der Waals surface area contributed by atoms with Gasteiger partial charge in [-0.3, -0.25) is 24.0 Å². The summed E-state index contributed by atoms with van der Waals surface area (Å²) in [7, 11) is 2.18. The Hall–Kier alpha value is -3.49. The van der Waals surface area contributed by atoms with E-state index in [1.807, 2.05) is 0 Å². The van der Waals surface area contributed by atoms with Gasteiger partial charge in [-0.1, -0.05) is 0 Å². The van der Waals surface area contributed by atoms with Crippen LogP contribution in [0, 0.1) is 0 Å². The van der Waals surface area contributed by atoms with Crippen LogP contribution in [-0.2, 0) is 99.8 Å². The van der Waals surface area contributed by atoms with Crippen LogP contribution in [0.25, 0.3) is 0 Å². The molecule has 10 unspecified atom stereocenters. The zero-order valence-corrected chi connectivity index (χ0v) is 32.4. The second kappa shape index (κ2) is 22.6. The van der Waals surface area contributed by atoms with Crippen LogP contribution in [0.4, 0.5) is 0 Å². The van der Waals surface area contributed by atoms with Crippen molar-refractivity contribution >= 4 is 32.4 Å². The number of methoxy groups -OCH3 is 2. The molecule has 0 bridgehead atoms. The molecule has 0 aromatic rings. The average Bonchev–Trinajstić information content (AvgIpc) is 3.26. The molecule has 5 rings (SSSR count). The lowest BCUT2D eigenvalue weighted by atomic mass is 10.00. The van der Waals surface area contributed by atoms with E-state index in [1.54, 1.807) is 0 Å². The molecule has 0 saturated carbocycles. The van der Waals surface area contributed by atoms with Gasteiger partial charge in [0.2, 0.25) is 31.5 Å². The third-order valence-electron chi connectivity index (χ3n) is 10.1. The van der Waals surface area contributed by atoms with Gasteiger partial charge in [-0.25, -0.2) is 0 Å². The molecule has 31 nitrogen and oxygen atoms in total. The zero-order chi connectivity index (χ0) is 46.3. The highest BCUT2D eigenvalue weighted by Gasteiger charge is 2.58. The molecule has 0 amide bonds. The van der Waals surface area contributed by atoms with E-state index in [0.29, 0.717) is 0 Å². The predicted molar refractivity (Wildman–Crippen MR) is 176 cm³/mol. The van der Waals surface area contributed by atoms with Crippen molar-refractivity contribution in [1.82, 2.24) is 0 Å². The Morgan fingerprint density at radius 1 is 0.286 bits per heavy atom. The van der Waals surface area contributed by atoms with Crippen LogP contribution in [0.1, 0.15) is 0 Å². The first kappa shape index (κ1) is 50.5. The quantitative estimate of drug-likeness (QED) is 0.0400. The number of rotatable bonds is 20. The molecule has 5 saturated heterocycles. The third-order valence-corrected chi connectivity index (χ3v) is 10.1. The molecule has 5 fully saturated rings. The van der Waals surface area contributed by atoms with Gasteiger partial charge in [-0.2, -0.15) is 0 Å². The van der Waals surface area contributed by atoms with E-state index >= 15 is 0 Å². The molecule has 0 spiro atoms. The summed E-state index contributed by atoms with van der Waals surface area (Å²) in [5, 5.41) is 108. The van der Waals surface area contributed by atoms with Gasteiger partial charge in [0.1, 0.15) is 67.1 Å². The maximum atomic E-state index is 11.5. The Bertz CT molecular complexity index is 1480. The summed E-state index contributed by atoms with van der Waals surface area (Å²) in [6.45, 7) is -0.844. The van der Waals surface area contributed by atoms with E-state index < -0.39 is 154 Å². The van der Waals surface area contributed by atoms with Crippen LogP contribution < -0.4 is 0 Å². The molecule has 5 aliphatic heterocycles. The fourth-order valence-electron chi connectivity index (χ4n) is 6.95. The SMILES string of the molecule is CO[C@@H]1OC(OC=O)[C@@H](O[C@@H]2O[C@@H](OC=O)[C@@H](O[C@@H]3OC(OC=O)[C@@H](O[C@@H]4O[C@@H](OC=O)[C@@H](O[C@@H]5OC(OC=O)[C@@H](OC)[C@@H](O)C5O)C(O)C4O)[C@H](O)C3O)C(O)C2O)[C@@H](O)C1O. The molecule has 31 heteroatoms. The van der Waals surface area contributed by atoms with Crippen LogP contribution in [0.2, 0.25) is 0 Å². The number of aliphatic hydroxyl groups excluding tert-OH is 10. The minimum Gasteiger partial charge on any atom is -0.435 e. The van der Waals surface area contributed by atoms with E-state index in [0.717, 1.165) is 14.2 Å². The molecule has 0 aromatic carbocycles. The summed E-state index contributed by atoms with van der Waals surface area (Å²) >= 11 is 0. The number of ether oxygens (including phenoxy) is 16. The van der Waals surface area contributed by atoms with Crippen molar-refractivity contribution in [2.75, 3.05) is 14.2 Å². The Labute approximate surface area is 352 Å². The largest absolute Gasteiger partial charge is 0.435 e. The van der Waals surface area contributed by atoms with E-state index in [9.17, 15) is 75.0 Å². The van der Waals surface area contributed by atoms with Gasteiger partial charge in [0.25, 0.3) is 32.4 Å². The molecule has 360 valence electrons. The highest BCUT2D eigenvalue weighted by molar-refractivity contribution is 5.38. The fraction of sp³-hybridized carbons (Fsp3) is 0.844. The summed E-state index contributed by atoms with van der Waals surface area (Å²) < 4.78 is 82.6. The molecule has 0 radical (unpaired) electrons. The van der Waals surface area contributed by atoms with Crippen LogP contribution in [0.5, 0.6) is 0 Å². The molecular formula is C32H46O31. The summed E-state index contributed by atoms with van der Waals surface area (Å²) in [5.74, 6) is 0. The van der Waals surface area contributed by atoms with Crippen molar-refractivity contribution in [2.45, 2.75) is 154 Å². The van der Waals surface area contributed by atoms with Gasteiger partial charge in [0.15, 0.2) is 55.9 Å². The molecule has 0 aromatic heterocycles. The van der Waals surface area contributed by atoms with Gasteiger partial charge in [0, 0.05) is 14.2 Å². The van der Waals surface area contributed by atoms with Crippen molar-refractivity contribution in [3.63, 3.8) is 0 Å². The number of carbonyl (C=O) groups excluding carboxylic acids is 5. The van der Waals surface area contributed by atoms with Gasteiger partial charge >= 0.3 is 0 Å². The highest BCUT2D eigenvalue weighted by atomic mass is 16.9. The summed E-state index contributed by atoms with van der Waals surface area (Å²) in [6, 6.07) is 0. The standard InChI is InChI=1S/C32H46O31/c1-48-18-8(38)14(44)24(60-28(18)50-3-33)56-20-10(40)16(46)26(62-30(20)52-5-35)58-22-12(42)17(47)27(63-32(22)54-7-37)57-21-11(41)15(45)25(61-31(21)53-6-36)55-19-9(39)13(43)23(49-2)59-29(19)51-4-34/h3-32,38-47H,1-2H3/t8-,9-,10?,11?,12+,13?,14?,15?,16?,17?,18-,19-,20-,21-,22-,23+,24+,25+,26+,27+,28?,29?,30+,31+,32?/m0/s1. The molecule has 63 heavy (non-hydrogen) atoms. The van der Waals surface area contributed by atoms with Crippen LogP contribution in [-0.4, -0.2) is 252 Å². The van der Waals surface area contributed by atoms with Crippen LogP contribution >= 0.6 is 0 Å². The van der Waals surface area contributed by atoms with Crippen molar-refractivity contribution in [3.8, 4) is 0 Å². The van der Waals surface area contributed by atoms with Gasteiger partial charge in [0.05, 0.1) is 0 Å². The maximum Gasteiger partial charge on any atom is 0.295 e. The Morgan fingerprint density at radius 2 is 0.492 bits per heavy atom. The predicted octanol–water partition coefficient (Wildman–Crippen LogP) is -9.93. The first-order chi connectivity index (χ1) is 30.1. The Balaban J connectivity index is 1.28. The average molecular weight is 927 g/mol. The van der Waals surface area contributed by atoms with E-state index in [-0.39, 0.29) is 32.4 Å². The van der Waals surface area contributed by atoms with Gasteiger partial charge < -0.3 is 127 Å². The fourth-order valence-corrected chi connectivity index (χ4v) is 6.95. The summed E-state index contributed by atoms with van der Waals surface area (Å²) in [4.78, 5) is 56.5. The topological polar surface area (TPSA) is 435 Å². The molecule has 0 aliphatic carbocycles. The second-order valence-electron chi connectivity index (χ2n) is 13.8. The first-order valence-electron chi connectivity index (χ1n) is 18.3. The first-order valence-corrected chi connectivity index (χ1v) is 18.3. The number of carbonyl (C=O) groups is 5. The van der Waals surface area contributed by atoms with Crippen molar-refractivity contribution in [1.29, 1.82) is 0 Å². The minimum absolute atomic E-state index is 0.0726. The van der Waals surface area contributed by atoms with E-state index in [4.69, 9.17) is 75.8 Å².